The van der Waals surface area contributed by atoms with Crippen LogP contribution < -0.4 is 10.6 Å². The molecular formula is C30H39N3O. The van der Waals surface area contributed by atoms with Crippen molar-refractivity contribution in [1.82, 2.24) is 15.6 Å². The van der Waals surface area contributed by atoms with E-state index >= 15 is 0 Å². The van der Waals surface area contributed by atoms with Gasteiger partial charge in [0, 0.05) is 41.8 Å². The largest absolute Gasteiger partial charge is 0.395 e. The van der Waals surface area contributed by atoms with Gasteiger partial charge >= 0.3 is 0 Å². The molecule has 1 heterocycles. The van der Waals surface area contributed by atoms with E-state index in [1.54, 1.807) is 0 Å². The monoisotopic (exact) mass is 457 g/mol. The van der Waals surface area contributed by atoms with Gasteiger partial charge < -0.3 is 20.7 Å². The van der Waals surface area contributed by atoms with E-state index in [4.69, 9.17) is 0 Å². The third kappa shape index (κ3) is 4.68. The zero-order chi connectivity index (χ0) is 22.9. The molecule has 34 heavy (non-hydrogen) atoms. The van der Waals surface area contributed by atoms with Gasteiger partial charge in [0.25, 0.3) is 0 Å². The van der Waals surface area contributed by atoms with E-state index in [1.165, 1.54) is 54.1 Å². The van der Waals surface area contributed by atoms with Crippen molar-refractivity contribution in [2.24, 2.45) is 23.7 Å². The minimum absolute atomic E-state index is 0.0770. The molecule has 2 unspecified atom stereocenters. The topological polar surface area (TPSA) is 60.1 Å². The van der Waals surface area contributed by atoms with Crippen molar-refractivity contribution in [1.29, 1.82) is 0 Å². The summed E-state index contributed by atoms with van der Waals surface area (Å²) >= 11 is 0. The first-order valence-corrected chi connectivity index (χ1v) is 13.4. The van der Waals surface area contributed by atoms with Crippen LogP contribution in [0.1, 0.15) is 43.2 Å². The zero-order valence-electron chi connectivity index (χ0n) is 20.1. The first-order valence-electron chi connectivity index (χ1n) is 13.4. The van der Waals surface area contributed by atoms with Gasteiger partial charge in [-0.2, -0.15) is 0 Å². The Bertz CT molecular complexity index is 1050. The number of hydrogen-bond acceptors (Lipinski definition) is 3. The van der Waals surface area contributed by atoms with Crippen molar-refractivity contribution in [2.75, 3.05) is 13.2 Å². The molecule has 4 nitrogen and oxygen atoms in total. The maximum atomic E-state index is 10.1. The average Bonchev–Trinajstić information content (AvgIpc) is 3.26. The molecule has 180 valence electrons. The highest BCUT2D eigenvalue weighted by molar-refractivity contribution is 5.83. The Labute approximate surface area is 203 Å². The van der Waals surface area contributed by atoms with E-state index in [9.17, 15) is 5.11 Å². The molecule has 4 N–H and O–H groups in total. The predicted octanol–water partition coefficient (Wildman–Crippen LogP) is 4.69. The van der Waals surface area contributed by atoms with Gasteiger partial charge in [-0.1, -0.05) is 48.5 Å². The smallest absolute Gasteiger partial charge is 0.0587 e. The number of para-hydroxylation sites is 1. The molecule has 7 rings (SSSR count). The molecule has 0 saturated heterocycles. The van der Waals surface area contributed by atoms with Gasteiger partial charge in [0.1, 0.15) is 0 Å². The molecular weight excluding hydrogens is 418 g/mol. The molecule has 4 fully saturated rings. The summed E-state index contributed by atoms with van der Waals surface area (Å²) in [5, 5.41) is 19.3. The summed E-state index contributed by atoms with van der Waals surface area (Å²) in [6.07, 6.45) is 11.3. The molecule has 0 amide bonds. The summed E-state index contributed by atoms with van der Waals surface area (Å²) in [6, 6.07) is 20.3. The summed E-state index contributed by atoms with van der Waals surface area (Å²) in [5.41, 5.74) is 3.88. The number of hydrogen-bond donors (Lipinski definition) is 4. The Morgan fingerprint density at radius 1 is 0.824 bits per heavy atom. The normalized spacial score (nSPS) is 29.5. The minimum atomic E-state index is 0.0770. The van der Waals surface area contributed by atoms with Crippen LogP contribution in [-0.2, 0) is 12.8 Å². The molecule has 4 bridgehead atoms. The van der Waals surface area contributed by atoms with E-state index in [0.29, 0.717) is 12.1 Å². The highest BCUT2D eigenvalue weighted by Gasteiger charge is 2.48. The van der Waals surface area contributed by atoms with Crippen LogP contribution in [-0.4, -0.2) is 41.4 Å². The fourth-order valence-electron chi connectivity index (χ4n) is 7.63. The SMILES string of the molecule is OCC(Cc1ccccc1)NCC(Cc1c[nH]c2ccccc12)NC1C2CC3CC(C2)CC1C3. The number of aromatic amines is 1. The van der Waals surface area contributed by atoms with E-state index in [-0.39, 0.29) is 12.6 Å². The average molecular weight is 458 g/mol. The lowest BCUT2D eigenvalue weighted by atomic mass is 9.54. The highest BCUT2D eigenvalue weighted by Crippen LogP contribution is 2.53. The van der Waals surface area contributed by atoms with Crippen LogP contribution in [0, 0.1) is 23.7 Å². The Morgan fingerprint density at radius 2 is 1.53 bits per heavy atom. The number of benzene rings is 2. The predicted molar refractivity (Wildman–Crippen MR) is 139 cm³/mol. The van der Waals surface area contributed by atoms with Crippen molar-refractivity contribution in [3.63, 3.8) is 0 Å². The van der Waals surface area contributed by atoms with Crippen molar-refractivity contribution >= 4 is 10.9 Å². The van der Waals surface area contributed by atoms with Gasteiger partial charge in [0.15, 0.2) is 0 Å². The third-order valence-corrected chi connectivity index (χ3v) is 8.99. The van der Waals surface area contributed by atoms with Crippen molar-refractivity contribution in [3.05, 3.63) is 71.9 Å². The van der Waals surface area contributed by atoms with Crippen LogP contribution in [0.3, 0.4) is 0 Å². The zero-order valence-corrected chi connectivity index (χ0v) is 20.1. The van der Waals surface area contributed by atoms with Gasteiger partial charge in [-0.3, -0.25) is 0 Å². The van der Waals surface area contributed by atoms with E-state index in [2.05, 4.69) is 76.4 Å². The van der Waals surface area contributed by atoms with Gasteiger partial charge in [0.2, 0.25) is 0 Å². The first kappa shape index (κ1) is 22.3. The molecule has 4 saturated carbocycles. The van der Waals surface area contributed by atoms with Crippen molar-refractivity contribution < 1.29 is 5.11 Å². The number of nitrogens with one attached hydrogen (secondary N) is 3. The molecule has 4 aliphatic carbocycles. The van der Waals surface area contributed by atoms with Crippen LogP contribution in [0.25, 0.3) is 10.9 Å². The number of H-pyrrole nitrogens is 1. The van der Waals surface area contributed by atoms with Crippen LogP contribution in [0.4, 0.5) is 0 Å². The second-order valence-electron chi connectivity index (χ2n) is 11.4. The summed E-state index contributed by atoms with van der Waals surface area (Å²) in [5.74, 6) is 3.71. The maximum Gasteiger partial charge on any atom is 0.0587 e. The highest BCUT2D eigenvalue weighted by atomic mass is 16.3. The maximum absolute atomic E-state index is 10.1. The van der Waals surface area contributed by atoms with Gasteiger partial charge in [-0.15, -0.1) is 0 Å². The van der Waals surface area contributed by atoms with Crippen molar-refractivity contribution in [3.8, 4) is 0 Å². The molecule has 0 spiro atoms. The number of aliphatic hydroxyl groups excluding tert-OH is 1. The summed E-state index contributed by atoms with van der Waals surface area (Å²) in [6.45, 7) is 1.03. The van der Waals surface area contributed by atoms with Crippen molar-refractivity contribution in [2.45, 2.75) is 63.1 Å². The Balaban J connectivity index is 1.18. The number of aromatic nitrogens is 1. The molecule has 0 aliphatic heterocycles. The first-order chi connectivity index (χ1) is 16.7. The number of fused-ring (bicyclic) bond motifs is 1. The third-order valence-electron chi connectivity index (χ3n) is 8.99. The van der Waals surface area contributed by atoms with E-state index in [0.717, 1.165) is 43.1 Å². The summed E-state index contributed by atoms with van der Waals surface area (Å²) in [4.78, 5) is 3.47. The fraction of sp³-hybridized carbons (Fsp3) is 0.533. The lowest BCUT2D eigenvalue weighted by molar-refractivity contribution is -0.0177. The van der Waals surface area contributed by atoms with Gasteiger partial charge in [-0.05, 0) is 85.8 Å². The Kier molecular flexibility index (Phi) is 6.47. The van der Waals surface area contributed by atoms with Crippen LogP contribution in [0.2, 0.25) is 0 Å². The van der Waals surface area contributed by atoms with Gasteiger partial charge in [-0.25, -0.2) is 0 Å². The Morgan fingerprint density at radius 3 is 2.26 bits per heavy atom. The Hall–Kier alpha value is -2.14. The lowest BCUT2D eigenvalue weighted by Gasteiger charge is -2.55. The fourth-order valence-corrected chi connectivity index (χ4v) is 7.63. The van der Waals surface area contributed by atoms with Crippen LogP contribution >= 0.6 is 0 Å². The lowest BCUT2D eigenvalue weighted by Crippen LogP contribution is -2.59. The minimum Gasteiger partial charge on any atom is -0.395 e. The summed E-state index contributed by atoms with van der Waals surface area (Å²) in [7, 11) is 0. The molecule has 4 heteroatoms. The van der Waals surface area contributed by atoms with E-state index in [1.807, 2.05) is 0 Å². The molecule has 1 aromatic heterocycles. The second-order valence-corrected chi connectivity index (χ2v) is 11.4. The molecule has 3 aromatic rings. The quantitative estimate of drug-likeness (QED) is 0.357. The van der Waals surface area contributed by atoms with E-state index < -0.39 is 0 Å². The second kappa shape index (κ2) is 9.85. The number of aliphatic hydroxyl groups is 1. The van der Waals surface area contributed by atoms with Crippen LogP contribution in [0.5, 0.6) is 0 Å². The molecule has 2 aromatic carbocycles. The molecule has 4 aliphatic rings. The molecule has 2 atom stereocenters. The van der Waals surface area contributed by atoms with Crippen LogP contribution in [0.15, 0.2) is 60.8 Å². The standard InChI is InChI=1S/C30H39N3O/c34-19-27(15-20-6-2-1-3-7-20)31-18-26(16-25-17-32-29-9-5-4-8-28(25)29)33-30-23-11-21-10-22(13-23)14-24(30)12-21/h1-9,17,21-24,26-27,30-34H,10-16,18-19H2. The summed E-state index contributed by atoms with van der Waals surface area (Å²) < 4.78 is 0. The number of rotatable bonds is 10. The molecule has 0 radical (unpaired) electrons. The van der Waals surface area contributed by atoms with Gasteiger partial charge in [0.05, 0.1) is 6.61 Å².